The summed E-state index contributed by atoms with van der Waals surface area (Å²) in [4.78, 5) is 13.4. The lowest BCUT2D eigenvalue weighted by atomic mass is 10.2. The van der Waals surface area contributed by atoms with Gasteiger partial charge >= 0.3 is 0 Å². The molecule has 3 N–H and O–H groups in total. The normalized spacial score (nSPS) is 22.1. The van der Waals surface area contributed by atoms with Gasteiger partial charge in [0, 0.05) is 11.4 Å². The Kier molecular flexibility index (Phi) is 2.66. The highest BCUT2D eigenvalue weighted by molar-refractivity contribution is 7.21. The maximum Gasteiger partial charge on any atom is 0.263 e. The SMILES string of the molecule is CCC1CC1NC(=O)c1sc2nnccc2c1N. The zero-order valence-electron chi connectivity index (χ0n) is 10.0. The minimum atomic E-state index is -0.0866. The highest BCUT2D eigenvalue weighted by atomic mass is 32.1. The largest absolute Gasteiger partial charge is 0.397 e. The van der Waals surface area contributed by atoms with Gasteiger partial charge in [-0.05, 0) is 18.4 Å². The van der Waals surface area contributed by atoms with Gasteiger partial charge in [-0.15, -0.1) is 16.4 Å². The predicted molar refractivity (Wildman–Crippen MR) is 71.5 cm³/mol. The lowest BCUT2D eigenvalue weighted by molar-refractivity contribution is 0.0954. The van der Waals surface area contributed by atoms with Crippen LogP contribution in [0, 0.1) is 5.92 Å². The molecule has 1 aliphatic rings. The Labute approximate surface area is 108 Å². The maximum atomic E-state index is 12.1. The van der Waals surface area contributed by atoms with E-state index >= 15 is 0 Å². The van der Waals surface area contributed by atoms with Crippen molar-refractivity contribution in [3.63, 3.8) is 0 Å². The van der Waals surface area contributed by atoms with Gasteiger partial charge in [-0.3, -0.25) is 4.79 Å². The lowest BCUT2D eigenvalue weighted by Gasteiger charge is -2.02. The quantitative estimate of drug-likeness (QED) is 0.883. The fraction of sp³-hybridized carbons (Fsp3) is 0.417. The van der Waals surface area contributed by atoms with Crippen molar-refractivity contribution in [3.05, 3.63) is 17.1 Å². The van der Waals surface area contributed by atoms with E-state index < -0.39 is 0 Å². The van der Waals surface area contributed by atoms with Crippen molar-refractivity contribution in [3.8, 4) is 0 Å². The molecule has 3 rings (SSSR count). The summed E-state index contributed by atoms with van der Waals surface area (Å²) in [5, 5.41) is 11.6. The molecule has 1 saturated carbocycles. The summed E-state index contributed by atoms with van der Waals surface area (Å²) in [6.45, 7) is 2.14. The molecule has 1 aliphatic carbocycles. The fourth-order valence-corrected chi connectivity index (χ4v) is 3.09. The number of anilines is 1. The Morgan fingerprint density at radius 2 is 2.50 bits per heavy atom. The minimum Gasteiger partial charge on any atom is -0.397 e. The van der Waals surface area contributed by atoms with E-state index in [4.69, 9.17) is 5.73 Å². The number of nitrogen functional groups attached to an aromatic ring is 1. The molecule has 2 atom stereocenters. The van der Waals surface area contributed by atoms with Crippen LogP contribution in [0.15, 0.2) is 12.3 Å². The molecule has 1 amide bonds. The molecule has 18 heavy (non-hydrogen) atoms. The minimum absolute atomic E-state index is 0.0866. The summed E-state index contributed by atoms with van der Waals surface area (Å²) in [5.41, 5.74) is 6.50. The number of hydrogen-bond donors (Lipinski definition) is 2. The van der Waals surface area contributed by atoms with Crippen LogP contribution in [0.4, 0.5) is 5.69 Å². The summed E-state index contributed by atoms with van der Waals surface area (Å²) in [7, 11) is 0. The molecule has 2 aromatic heterocycles. The first-order valence-corrected chi connectivity index (χ1v) is 6.83. The van der Waals surface area contributed by atoms with E-state index in [2.05, 4.69) is 22.4 Å². The fourth-order valence-electron chi connectivity index (χ4n) is 2.15. The van der Waals surface area contributed by atoms with Crippen LogP contribution in [-0.2, 0) is 0 Å². The molecule has 0 spiro atoms. The average molecular weight is 262 g/mol. The zero-order chi connectivity index (χ0) is 12.7. The van der Waals surface area contributed by atoms with Gasteiger partial charge in [0.2, 0.25) is 0 Å². The van der Waals surface area contributed by atoms with Gasteiger partial charge in [0.1, 0.15) is 9.71 Å². The number of hydrogen-bond acceptors (Lipinski definition) is 5. The molecule has 2 aromatic rings. The van der Waals surface area contributed by atoms with E-state index in [1.54, 1.807) is 12.3 Å². The second kappa shape index (κ2) is 4.20. The molecule has 1 fully saturated rings. The number of nitrogens with zero attached hydrogens (tertiary/aromatic N) is 2. The molecule has 0 saturated heterocycles. The van der Waals surface area contributed by atoms with Gasteiger partial charge in [0.25, 0.3) is 5.91 Å². The van der Waals surface area contributed by atoms with Crippen molar-refractivity contribution >= 4 is 33.1 Å². The number of amides is 1. The Balaban J connectivity index is 1.85. The topological polar surface area (TPSA) is 80.9 Å². The Bertz CT molecular complexity index is 609. The number of fused-ring (bicyclic) bond motifs is 1. The van der Waals surface area contributed by atoms with Crippen molar-refractivity contribution in [2.75, 3.05) is 5.73 Å². The van der Waals surface area contributed by atoms with Crippen LogP contribution < -0.4 is 11.1 Å². The van der Waals surface area contributed by atoms with E-state index in [-0.39, 0.29) is 5.91 Å². The number of thiophene rings is 1. The van der Waals surface area contributed by atoms with Gasteiger partial charge < -0.3 is 11.1 Å². The Morgan fingerprint density at radius 3 is 3.17 bits per heavy atom. The molecule has 2 unspecified atom stereocenters. The molecule has 0 aromatic carbocycles. The number of rotatable bonds is 3. The van der Waals surface area contributed by atoms with E-state index in [9.17, 15) is 4.79 Å². The standard InChI is InChI=1S/C12H14N4OS/c1-2-6-5-8(6)15-11(17)10-9(13)7-3-4-14-16-12(7)18-10/h3-4,6,8H,2,5,13H2,1H3,(H,15,17). The predicted octanol–water partition coefficient (Wildman–Crippen LogP) is 1.80. The van der Waals surface area contributed by atoms with Gasteiger partial charge in [0.15, 0.2) is 0 Å². The Hall–Kier alpha value is -1.69. The first-order valence-electron chi connectivity index (χ1n) is 6.01. The molecule has 0 aliphatic heterocycles. The first-order chi connectivity index (χ1) is 8.70. The lowest BCUT2D eigenvalue weighted by Crippen LogP contribution is -2.26. The average Bonchev–Trinajstić information content (AvgIpc) is 3.05. The van der Waals surface area contributed by atoms with Crippen LogP contribution >= 0.6 is 11.3 Å². The monoisotopic (exact) mass is 262 g/mol. The van der Waals surface area contributed by atoms with Gasteiger partial charge in [-0.25, -0.2) is 0 Å². The molecular formula is C12H14N4OS. The van der Waals surface area contributed by atoms with Crippen molar-refractivity contribution in [2.24, 2.45) is 5.92 Å². The van der Waals surface area contributed by atoms with Gasteiger partial charge in [0.05, 0.1) is 11.9 Å². The first kappa shape index (κ1) is 11.4. The van der Waals surface area contributed by atoms with Crippen LogP contribution in [0.5, 0.6) is 0 Å². The van der Waals surface area contributed by atoms with Crippen molar-refractivity contribution in [1.29, 1.82) is 0 Å². The number of carbonyl (C=O) groups excluding carboxylic acids is 1. The zero-order valence-corrected chi connectivity index (χ0v) is 10.8. The number of nitrogens with two attached hydrogens (primary N) is 1. The molecular weight excluding hydrogens is 248 g/mol. The second-order valence-electron chi connectivity index (χ2n) is 4.58. The highest BCUT2D eigenvalue weighted by Crippen LogP contribution is 2.35. The van der Waals surface area contributed by atoms with Crippen LogP contribution in [0.25, 0.3) is 10.2 Å². The van der Waals surface area contributed by atoms with Crippen LogP contribution in [0.3, 0.4) is 0 Å². The van der Waals surface area contributed by atoms with E-state index in [1.165, 1.54) is 11.3 Å². The molecule has 94 valence electrons. The van der Waals surface area contributed by atoms with Crippen LogP contribution in [0.2, 0.25) is 0 Å². The molecule has 2 heterocycles. The smallest absolute Gasteiger partial charge is 0.263 e. The third-order valence-electron chi connectivity index (χ3n) is 3.39. The van der Waals surface area contributed by atoms with E-state index in [0.29, 0.717) is 27.4 Å². The molecule has 5 nitrogen and oxygen atoms in total. The van der Waals surface area contributed by atoms with Crippen LogP contribution in [0.1, 0.15) is 29.4 Å². The Morgan fingerprint density at radius 1 is 1.67 bits per heavy atom. The molecule has 0 bridgehead atoms. The van der Waals surface area contributed by atoms with E-state index in [1.807, 2.05) is 0 Å². The summed E-state index contributed by atoms with van der Waals surface area (Å²) in [6.07, 6.45) is 3.77. The maximum absolute atomic E-state index is 12.1. The van der Waals surface area contributed by atoms with Gasteiger partial charge in [-0.2, -0.15) is 5.10 Å². The number of carbonyl (C=O) groups is 1. The van der Waals surface area contributed by atoms with Crippen molar-refractivity contribution < 1.29 is 4.79 Å². The van der Waals surface area contributed by atoms with Crippen molar-refractivity contribution in [2.45, 2.75) is 25.8 Å². The third-order valence-corrected chi connectivity index (χ3v) is 4.49. The summed E-state index contributed by atoms with van der Waals surface area (Å²) in [5.74, 6) is 0.542. The summed E-state index contributed by atoms with van der Waals surface area (Å²) in [6, 6.07) is 2.11. The van der Waals surface area contributed by atoms with E-state index in [0.717, 1.165) is 18.2 Å². The van der Waals surface area contributed by atoms with Crippen LogP contribution in [-0.4, -0.2) is 22.1 Å². The summed E-state index contributed by atoms with van der Waals surface area (Å²) < 4.78 is 0. The third kappa shape index (κ3) is 1.82. The highest BCUT2D eigenvalue weighted by Gasteiger charge is 2.37. The molecule has 0 radical (unpaired) electrons. The number of nitrogens with one attached hydrogen (secondary N) is 1. The van der Waals surface area contributed by atoms with Gasteiger partial charge in [-0.1, -0.05) is 13.3 Å². The second-order valence-corrected chi connectivity index (χ2v) is 5.58. The number of aromatic nitrogens is 2. The summed E-state index contributed by atoms with van der Waals surface area (Å²) >= 11 is 1.30. The molecule has 6 heteroatoms. The van der Waals surface area contributed by atoms with Crippen molar-refractivity contribution in [1.82, 2.24) is 15.5 Å².